The number of hydrogen-bond acceptors (Lipinski definition) is 5. The fourth-order valence-electron chi connectivity index (χ4n) is 2.94. The SMILES string of the molecule is O=c1c2ccccc2nc(C=Cc2ccc([N+](=O)[O-])cc2)n1N=Cc1ccccc1F. The van der Waals surface area contributed by atoms with Crippen LogP contribution in [0.4, 0.5) is 10.1 Å². The Morgan fingerprint density at radius 2 is 1.68 bits per heavy atom. The number of non-ortho nitro benzene ring substituents is 1. The Balaban J connectivity index is 1.79. The van der Waals surface area contributed by atoms with E-state index in [9.17, 15) is 19.3 Å². The standard InChI is InChI=1S/C23H15FN4O3/c24-20-7-3-1-5-17(20)15-25-27-22(26-21-8-4-2-6-19(21)23(27)29)14-11-16-9-12-18(13-10-16)28(30)31/h1-15H. The third-order valence-electron chi connectivity index (χ3n) is 4.53. The molecule has 1 aromatic heterocycles. The predicted octanol–water partition coefficient (Wildman–Crippen LogP) is 4.50. The van der Waals surface area contributed by atoms with Crippen molar-refractivity contribution in [3.8, 4) is 0 Å². The van der Waals surface area contributed by atoms with Crippen LogP contribution in [-0.4, -0.2) is 20.8 Å². The first-order valence-corrected chi connectivity index (χ1v) is 9.26. The van der Waals surface area contributed by atoms with Crippen LogP contribution in [0.5, 0.6) is 0 Å². The molecule has 0 bridgehead atoms. The first kappa shape index (κ1) is 19.8. The molecule has 4 aromatic rings. The van der Waals surface area contributed by atoms with E-state index in [2.05, 4.69) is 10.1 Å². The van der Waals surface area contributed by atoms with Crippen LogP contribution in [0.3, 0.4) is 0 Å². The molecule has 0 aliphatic carbocycles. The van der Waals surface area contributed by atoms with Gasteiger partial charge in [-0.15, -0.1) is 0 Å². The molecule has 0 spiro atoms. The lowest BCUT2D eigenvalue weighted by atomic mass is 10.2. The van der Waals surface area contributed by atoms with Crippen molar-refractivity contribution < 1.29 is 9.31 Å². The Bertz CT molecular complexity index is 1390. The lowest BCUT2D eigenvalue weighted by Crippen LogP contribution is -2.20. The number of nitro benzene ring substituents is 1. The first-order valence-electron chi connectivity index (χ1n) is 9.26. The van der Waals surface area contributed by atoms with E-state index in [0.717, 1.165) is 4.68 Å². The van der Waals surface area contributed by atoms with Crippen molar-refractivity contribution in [2.24, 2.45) is 5.10 Å². The van der Waals surface area contributed by atoms with E-state index in [4.69, 9.17) is 0 Å². The number of aromatic nitrogens is 2. The highest BCUT2D eigenvalue weighted by molar-refractivity contribution is 5.81. The van der Waals surface area contributed by atoms with Gasteiger partial charge in [0.1, 0.15) is 5.82 Å². The van der Waals surface area contributed by atoms with Crippen molar-refractivity contribution in [1.29, 1.82) is 0 Å². The molecule has 0 radical (unpaired) electrons. The van der Waals surface area contributed by atoms with E-state index in [1.54, 1.807) is 66.7 Å². The van der Waals surface area contributed by atoms with Gasteiger partial charge in [0.15, 0.2) is 5.82 Å². The highest BCUT2D eigenvalue weighted by Gasteiger charge is 2.09. The second kappa shape index (κ2) is 8.50. The normalized spacial score (nSPS) is 11.5. The van der Waals surface area contributed by atoms with Gasteiger partial charge in [-0.05, 0) is 42.0 Å². The number of nitrogens with zero attached hydrogens (tertiary/aromatic N) is 4. The summed E-state index contributed by atoms with van der Waals surface area (Å²) >= 11 is 0. The monoisotopic (exact) mass is 414 g/mol. The highest BCUT2D eigenvalue weighted by atomic mass is 19.1. The summed E-state index contributed by atoms with van der Waals surface area (Å²) in [5, 5.41) is 15.4. The van der Waals surface area contributed by atoms with Crippen LogP contribution in [0.15, 0.2) is 82.7 Å². The molecule has 0 aliphatic heterocycles. The van der Waals surface area contributed by atoms with Crippen LogP contribution in [0.2, 0.25) is 0 Å². The summed E-state index contributed by atoms with van der Waals surface area (Å²) in [5.41, 5.74) is 0.979. The summed E-state index contributed by atoms with van der Waals surface area (Å²) in [6.07, 6.45) is 4.50. The minimum atomic E-state index is -0.479. The summed E-state index contributed by atoms with van der Waals surface area (Å²) < 4.78 is 15.0. The topological polar surface area (TPSA) is 90.4 Å². The number of halogens is 1. The van der Waals surface area contributed by atoms with Gasteiger partial charge in [-0.25, -0.2) is 9.37 Å². The van der Waals surface area contributed by atoms with Gasteiger partial charge in [0.05, 0.1) is 22.0 Å². The summed E-state index contributed by atoms with van der Waals surface area (Å²) in [5.74, 6) is -0.231. The molecule has 3 aromatic carbocycles. The number of nitro groups is 1. The summed E-state index contributed by atoms with van der Waals surface area (Å²) in [6, 6.07) is 18.9. The minimum Gasteiger partial charge on any atom is -0.267 e. The van der Waals surface area contributed by atoms with Gasteiger partial charge in [-0.2, -0.15) is 9.78 Å². The molecular weight excluding hydrogens is 399 g/mol. The lowest BCUT2D eigenvalue weighted by molar-refractivity contribution is -0.384. The van der Waals surface area contributed by atoms with Crippen molar-refractivity contribution in [2.45, 2.75) is 0 Å². The number of rotatable bonds is 5. The third-order valence-corrected chi connectivity index (χ3v) is 4.53. The van der Waals surface area contributed by atoms with Gasteiger partial charge in [-0.1, -0.05) is 36.4 Å². The lowest BCUT2D eigenvalue weighted by Gasteiger charge is -2.06. The summed E-state index contributed by atoms with van der Waals surface area (Å²) in [6.45, 7) is 0. The predicted molar refractivity (Wildman–Crippen MR) is 117 cm³/mol. The quantitative estimate of drug-likeness (QED) is 0.273. The Labute approximate surface area is 175 Å². The van der Waals surface area contributed by atoms with Gasteiger partial charge in [0.25, 0.3) is 11.2 Å². The molecule has 0 unspecified atom stereocenters. The molecule has 0 fully saturated rings. The number of hydrogen-bond donors (Lipinski definition) is 0. The average molecular weight is 414 g/mol. The van der Waals surface area contributed by atoms with Gasteiger partial charge < -0.3 is 0 Å². The van der Waals surface area contributed by atoms with E-state index < -0.39 is 16.3 Å². The van der Waals surface area contributed by atoms with Crippen LogP contribution in [-0.2, 0) is 0 Å². The molecule has 1 heterocycles. The first-order chi connectivity index (χ1) is 15.0. The summed E-state index contributed by atoms with van der Waals surface area (Å²) in [7, 11) is 0. The smallest absolute Gasteiger partial charge is 0.267 e. The van der Waals surface area contributed by atoms with Crippen LogP contribution < -0.4 is 5.56 Å². The summed E-state index contributed by atoms with van der Waals surface area (Å²) in [4.78, 5) is 27.8. The maximum Gasteiger partial charge on any atom is 0.282 e. The van der Waals surface area contributed by atoms with E-state index in [1.807, 2.05) is 0 Å². The maximum atomic E-state index is 13.9. The Hall–Kier alpha value is -4.46. The molecule has 4 rings (SSSR count). The number of benzene rings is 3. The molecule has 31 heavy (non-hydrogen) atoms. The zero-order valence-corrected chi connectivity index (χ0v) is 16.1. The van der Waals surface area contributed by atoms with Gasteiger partial charge in [-0.3, -0.25) is 14.9 Å². The molecule has 7 nitrogen and oxygen atoms in total. The van der Waals surface area contributed by atoms with Crippen molar-refractivity contribution in [2.75, 3.05) is 0 Å². The van der Waals surface area contributed by atoms with Crippen molar-refractivity contribution >= 4 is 35.0 Å². The second-order valence-electron chi connectivity index (χ2n) is 6.55. The number of para-hydroxylation sites is 1. The molecule has 0 aliphatic rings. The minimum absolute atomic E-state index is 0.0209. The van der Waals surface area contributed by atoms with Crippen LogP contribution in [0, 0.1) is 15.9 Å². The van der Waals surface area contributed by atoms with Crippen molar-refractivity contribution in [3.63, 3.8) is 0 Å². The van der Waals surface area contributed by atoms with E-state index in [-0.39, 0.29) is 17.1 Å². The Morgan fingerprint density at radius 1 is 0.968 bits per heavy atom. The Kier molecular flexibility index (Phi) is 5.44. The molecule has 0 amide bonds. The molecule has 8 heteroatoms. The second-order valence-corrected chi connectivity index (χ2v) is 6.55. The largest absolute Gasteiger partial charge is 0.282 e. The fraction of sp³-hybridized carbons (Fsp3) is 0. The van der Waals surface area contributed by atoms with Crippen molar-refractivity contribution in [3.05, 3.63) is 116 Å². The fourth-order valence-corrected chi connectivity index (χ4v) is 2.94. The van der Waals surface area contributed by atoms with Gasteiger partial charge >= 0.3 is 0 Å². The van der Waals surface area contributed by atoms with Crippen LogP contribution in [0.1, 0.15) is 17.0 Å². The molecule has 0 saturated carbocycles. The van der Waals surface area contributed by atoms with E-state index in [0.29, 0.717) is 16.5 Å². The third kappa shape index (κ3) is 4.27. The Morgan fingerprint density at radius 3 is 2.42 bits per heavy atom. The zero-order valence-electron chi connectivity index (χ0n) is 16.1. The zero-order chi connectivity index (χ0) is 21.8. The molecule has 0 N–H and O–H groups in total. The van der Waals surface area contributed by atoms with Gasteiger partial charge in [0, 0.05) is 17.7 Å². The molecule has 0 saturated heterocycles. The van der Waals surface area contributed by atoms with Crippen LogP contribution >= 0.6 is 0 Å². The van der Waals surface area contributed by atoms with E-state index in [1.165, 1.54) is 24.4 Å². The molecular formula is C23H15FN4O3. The average Bonchev–Trinajstić information content (AvgIpc) is 2.78. The van der Waals surface area contributed by atoms with E-state index >= 15 is 0 Å². The highest BCUT2D eigenvalue weighted by Crippen LogP contribution is 2.15. The van der Waals surface area contributed by atoms with Gasteiger partial charge in [0.2, 0.25) is 0 Å². The maximum absolute atomic E-state index is 13.9. The number of fused-ring (bicyclic) bond motifs is 1. The molecule has 0 atom stereocenters. The molecule has 152 valence electrons. The van der Waals surface area contributed by atoms with Crippen molar-refractivity contribution in [1.82, 2.24) is 9.66 Å². The van der Waals surface area contributed by atoms with Crippen LogP contribution in [0.25, 0.3) is 23.1 Å².